The maximum Gasteiger partial charge on any atom is 0.419 e. The van der Waals surface area contributed by atoms with Crippen molar-refractivity contribution in [2.24, 2.45) is 0 Å². The van der Waals surface area contributed by atoms with Crippen LogP contribution in [0.1, 0.15) is 15.9 Å². The van der Waals surface area contributed by atoms with Crippen LogP contribution in [0.4, 0.5) is 13.2 Å². The minimum absolute atomic E-state index is 0.0424. The van der Waals surface area contributed by atoms with E-state index in [9.17, 15) is 18.0 Å². The number of aromatic carboxylic acids is 1. The summed E-state index contributed by atoms with van der Waals surface area (Å²) in [5.74, 6) is -1.16. The summed E-state index contributed by atoms with van der Waals surface area (Å²) in [5.41, 5.74) is -0.926. The molecule has 2 heterocycles. The van der Waals surface area contributed by atoms with Gasteiger partial charge in [0.25, 0.3) is 0 Å². The Kier molecular flexibility index (Phi) is 4.52. The molecule has 0 aromatic carbocycles. The topological polar surface area (TPSA) is 63.1 Å². The van der Waals surface area contributed by atoms with Crippen LogP contribution < -0.4 is 0 Å². The number of nitrogens with zero attached hydrogens (tertiary/aromatic N) is 2. The van der Waals surface area contributed by atoms with Crippen LogP contribution in [-0.2, 0) is 6.18 Å². The van der Waals surface area contributed by atoms with Crippen LogP contribution in [0.2, 0.25) is 0 Å². The quantitative estimate of drug-likeness (QED) is 0.870. The molecule has 0 radical (unpaired) electrons. The highest BCUT2D eigenvalue weighted by atomic mass is 79.9. The first kappa shape index (κ1) is 15.8. The highest BCUT2D eigenvalue weighted by molar-refractivity contribution is 9.10. The molecule has 0 saturated heterocycles. The standard InChI is InChI=1S/C12H6BrF3N2O2S/c13-7-3-8(12(14,15)16)10(18-5-7)21-9-2-1-6(4-17-9)11(19)20/h1-5H,(H,19,20). The van der Waals surface area contributed by atoms with Crippen LogP contribution in [0, 0.1) is 0 Å². The predicted octanol–water partition coefficient (Wildman–Crippen LogP) is 4.11. The van der Waals surface area contributed by atoms with E-state index < -0.39 is 17.7 Å². The van der Waals surface area contributed by atoms with Gasteiger partial charge in [0.15, 0.2) is 0 Å². The minimum atomic E-state index is -4.54. The van der Waals surface area contributed by atoms with Gasteiger partial charge in [-0.25, -0.2) is 14.8 Å². The average molecular weight is 379 g/mol. The molecular formula is C12H6BrF3N2O2S. The monoisotopic (exact) mass is 378 g/mol. The number of carboxylic acids is 1. The van der Waals surface area contributed by atoms with Gasteiger partial charge in [0.1, 0.15) is 10.1 Å². The molecule has 0 aliphatic carbocycles. The zero-order valence-corrected chi connectivity index (χ0v) is 12.5. The van der Waals surface area contributed by atoms with Gasteiger partial charge in [-0.05, 0) is 45.9 Å². The van der Waals surface area contributed by atoms with Crippen molar-refractivity contribution in [1.82, 2.24) is 9.97 Å². The molecule has 0 saturated carbocycles. The Balaban J connectivity index is 2.33. The van der Waals surface area contributed by atoms with Crippen LogP contribution in [0.5, 0.6) is 0 Å². The molecule has 2 aromatic heterocycles. The maximum atomic E-state index is 12.9. The van der Waals surface area contributed by atoms with Crippen LogP contribution >= 0.6 is 27.7 Å². The molecule has 1 N–H and O–H groups in total. The van der Waals surface area contributed by atoms with E-state index in [1.807, 2.05) is 0 Å². The van der Waals surface area contributed by atoms with Crippen molar-refractivity contribution in [3.63, 3.8) is 0 Å². The largest absolute Gasteiger partial charge is 0.478 e. The van der Waals surface area contributed by atoms with E-state index in [2.05, 4.69) is 25.9 Å². The minimum Gasteiger partial charge on any atom is -0.478 e. The van der Waals surface area contributed by atoms with Crippen molar-refractivity contribution in [1.29, 1.82) is 0 Å². The molecule has 0 unspecified atom stereocenters. The zero-order chi connectivity index (χ0) is 15.6. The lowest BCUT2D eigenvalue weighted by Crippen LogP contribution is -2.08. The number of hydrogen-bond acceptors (Lipinski definition) is 4. The van der Waals surface area contributed by atoms with Gasteiger partial charge in [0.2, 0.25) is 0 Å². The smallest absolute Gasteiger partial charge is 0.419 e. The normalized spacial score (nSPS) is 11.4. The van der Waals surface area contributed by atoms with Crippen molar-refractivity contribution in [3.05, 3.63) is 46.2 Å². The summed E-state index contributed by atoms with van der Waals surface area (Å²) in [7, 11) is 0. The second-order valence-corrected chi connectivity index (χ2v) is 5.72. The number of carboxylic acid groups (broad SMARTS) is 1. The van der Waals surface area contributed by atoms with Crippen LogP contribution in [-0.4, -0.2) is 21.0 Å². The zero-order valence-electron chi connectivity index (χ0n) is 10.1. The lowest BCUT2D eigenvalue weighted by Gasteiger charge is -2.11. The van der Waals surface area contributed by atoms with E-state index >= 15 is 0 Å². The molecule has 0 aliphatic rings. The number of alkyl halides is 3. The number of rotatable bonds is 3. The Morgan fingerprint density at radius 2 is 1.95 bits per heavy atom. The van der Waals surface area contributed by atoms with Crippen molar-refractivity contribution in [2.75, 3.05) is 0 Å². The highest BCUT2D eigenvalue weighted by Crippen LogP contribution is 2.38. The summed E-state index contributed by atoms with van der Waals surface area (Å²) >= 11 is 3.66. The first-order valence-electron chi connectivity index (χ1n) is 5.37. The summed E-state index contributed by atoms with van der Waals surface area (Å²) in [5, 5.41) is 8.71. The van der Waals surface area contributed by atoms with Gasteiger partial charge in [-0.3, -0.25) is 0 Å². The number of halogens is 4. The van der Waals surface area contributed by atoms with Gasteiger partial charge in [0, 0.05) is 16.9 Å². The van der Waals surface area contributed by atoms with Crippen LogP contribution in [0.3, 0.4) is 0 Å². The number of carbonyl (C=O) groups is 1. The Morgan fingerprint density at radius 3 is 2.48 bits per heavy atom. The SMILES string of the molecule is O=C(O)c1ccc(Sc2ncc(Br)cc2C(F)(F)F)nc1. The molecule has 21 heavy (non-hydrogen) atoms. The number of pyridine rings is 2. The van der Waals surface area contributed by atoms with Crippen LogP contribution in [0.15, 0.2) is 45.1 Å². The molecule has 9 heteroatoms. The van der Waals surface area contributed by atoms with Gasteiger partial charge in [-0.15, -0.1) is 0 Å². The van der Waals surface area contributed by atoms with E-state index in [4.69, 9.17) is 5.11 Å². The lowest BCUT2D eigenvalue weighted by atomic mass is 10.3. The van der Waals surface area contributed by atoms with E-state index in [1.165, 1.54) is 18.3 Å². The van der Waals surface area contributed by atoms with Gasteiger partial charge in [-0.1, -0.05) is 0 Å². The second kappa shape index (κ2) is 6.02. The molecular weight excluding hydrogens is 373 g/mol. The third kappa shape index (κ3) is 3.94. The Morgan fingerprint density at radius 1 is 1.24 bits per heavy atom. The van der Waals surface area contributed by atoms with Crippen molar-refractivity contribution in [2.45, 2.75) is 16.2 Å². The van der Waals surface area contributed by atoms with Crippen molar-refractivity contribution in [3.8, 4) is 0 Å². The molecule has 0 spiro atoms. The van der Waals surface area contributed by atoms with Gasteiger partial charge in [-0.2, -0.15) is 13.2 Å². The van der Waals surface area contributed by atoms with Crippen molar-refractivity contribution >= 4 is 33.7 Å². The fourth-order valence-corrected chi connectivity index (χ4v) is 2.54. The van der Waals surface area contributed by atoms with E-state index in [0.717, 1.165) is 12.3 Å². The molecule has 0 atom stereocenters. The van der Waals surface area contributed by atoms with E-state index in [-0.39, 0.29) is 20.1 Å². The predicted molar refractivity (Wildman–Crippen MR) is 72.3 cm³/mol. The third-order valence-corrected chi connectivity index (χ3v) is 3.71. The molecule has 2 rings (SSSR count). The fourth-order valence-electron chi connectivity index (χ4n) is 1.38. The summed E-state index contributed by atoms with van der Waals surface area (Å²) in [6.07, 6.45) is -2.21. The van der Waals surface area contributed by atoms with Crippen molar-refractivity contribution < 1.29 is 23.1 Å². The van der Waals surface area contributed by atoms with E-state index in [0.29, 0.717) is 11.8 Å². The van der Waals surface area contributed by atoms with Gasteiger partial charge in [0.05, 0.1) is 11.1 Å². The van der Waals surface area contributed by atoms with Gasteiger partial charge >= 0.3 is 12.1 Å². The Labute approximate surface area is 129 Å². The first-order chi connectivity index (χ1) is 9.77. The Hall–Kier alpha value is -1.61. The number of aromatic nitrogens is 2. The molecule has 110 valence electrons. The lowest BCUT2D eigenvalue weighted by molar-refractivity contribution is -0.140. The highest BCUT2D eigenvalue weighted by Gasteiger charge is 2.35. The summed E-state index contributed by atoms with van der Waals surface area (Å²) in [6, 6.07) is 3.53. The first-order valence-corrected chi connectivity index (χ1v) is 6.98. The maximum absolute atomic E-state index is 12.9. The van der Waals surface area contributed by atoms with Gasteiger partial charge < -0.3 is 5.11 Å². The molecule has 0 aliphatic heterocycles. The average Bonchev–Trinajstić information content (AvgIpc) is 2.40. The molecule has 2 aromatic rings. The molecule has 0 fully saturated rings. The summed E-state index contributed by atoms with van der Waals surface area (Å²) < 4.78 is 39.0. The molecule has 0 amide bonds. The fraction of sp³-hybridized carbons (Fsp3) is 0.0833. The summed E-state index contributed by atoms with van der Waals surface area (Å²) in [6.45, 7) is 0. The molecule has 0 bridgehead atoms. The number of hydrogen-bond donors (Lipinski definition) is 1. The third-order valence-electron chi connectivity index (χ3n) is 2.31. The van der Waals surface area contributed by atoms with E-state index in [1.54, 1.807) is 0 Å². The van der Waals surface area contributed by atoms with Crippen LogP contribution in [0.25, 0.3) is 0 Å². The Bertz CT molecular complexity index is 677. The molecule has 4 nitrogen and oxygen atoms in total. The second-order valence-electron chi connectivity index (χ2n) is 3.80. The summed E-state index contributed by atoms with van der Waals surface area (Å²) in [4.78, 5) is 18.2.